The van der Waals surface area contributed by atoms with Crippen LogP contribution in [0.2, 0.25) is 0 Å². The van der Waals surface area contributed by atoms with Crippen LogP contribution in [0.25, 0.3) is 16.7 Å². The van der Waals surface area contributed by atoms with Gasteiger partial charge in [0.15, 0.2) is 5.78 Å². The molecule has 0 unspecified atom stereocenters. The molecule has 2 aromatic heterocycles. The van der Waals surface area contributed by atoms with Crippen molar-refractivity contribution >= 4 is 22.9 Å². The largest absolute Gasteiger partial charge is 0.398 e. The number of rotatable bonds is 10. The Hall–Kier alpha value is -3.51. The van der Waals surface area contributed by atoms with Crippen molar-refractivity contribution in [3.8, 4) is 11.1 Å². The lowest BCUT2D eigenvalue weighted by Crippen LogP contribution is -2.29. The Labute approximate surface area is 208 Å². The van der Waals surface area contributed by atoms with E-state index in [-0.39, 0.29) is 5.78 Å². The Morgan fingerprint density at radius 1 is 1.03 bits per heavy atom. The van der Waals surface area contributed by atoms with Gasteiger partial charge in [-0.05, 0) is 80.2 Å². The van der Waals surface area contributed by atoms with Crippen molar-refractivity contribution in [2.24, 2.45) is 0 Å². The summed E-state index contributed by atoms with van der Waals surface area (Å²) in [4.78, 5) is 24.3. The van der Waals surface area contributed by atoms with E-state index in [1.165, 1.54) is 24.8 Å². The first kappa shape index (κ1) is 24.6. The molecule has 4 rings (SSSR count). The van der Waals surface area contributed by atoms with Crippen LogP contribution in [0.1, 0.15) is 49.3 Å². The maximum absolute atomic E-state index is 13.0. The summed E-state index contributed by atoms with van der Waals surface area (Å²) in [5, 5.41) is 3.18. The highest BCUT2D eigenvalue weighted by Gasteiger charge is 2.15. The number of ketones is 1. The minimum absolute atomic E-state index is 0.0124. The lowest BCUT2D eigenvalue weighted by molar-refractivity contribution is -0.113. The Kier molecular flexibility index (Phi) is 8.27. The fourth-order valence-electron chi connectivity index (χ4n) is 4.52. The van der Waals surface area contributed by atoms with Crippen molar-refractivity contribution in [3.05, 3.63) is 78.3 Å². The number of aryl methyl sites for hydroxylation is 1. The summed E-state index contributed by atoms with van der Waals surface area (Å²) in [5.74, 6) is 0.827. The molecule has 35 heavy (non-hydrogen) atoms. The van der Waals surface area contributed by atoms with Crippen LogP contribution < -0.4 is 11.1 Å². The number of Topliss-reactive ketones (excluding diaryl/α,β-unsaturated/α-hetero) is 1. The standard InChI is InChI=1S/C29H35N5O/c1-3-32-29-12-8-22(18-33-29)7-11-28(35)21(2)26-16-24(9-10-27(26)30)25-15-23(17-31-19-25)20-34-13-5-4-6-14-34/h8-10,12,15-19H,2-7,11,13-14,20,30H2,1H3,(H,32,33). The summed E-state index contributed by atoms with van der Waals surface area (Å²) in [7, 11) is 0. The van der Waals surface area contributed by atoms with Crippen LogP contribution >= 0.6 is 0 Å². The third-order valence-electron chi connectivity index (χ3n) is 6.52. The molecule has 0 bridgehead atoms. The van der Waals surface area contributed by atoms with Gasteiger partial charge in [-0.25, -0.2) is 4.98 Å². The van der Waals surface area contributed by atoms with Crippen LogP contribution in [0.5, 0.6) is 0 Å². The number of hydrogen-bond donors (Lipinski definition) is 2. The van der Waals surface area contributed by atoms with E-state index in [2.05, 4.69) is 32.8 Å². The molecule has 1 aromatic carbocycles. The van der Waals surface area contributed by atoms with Gasteiger partial charge < -0.3 is 11.1 Å². The molecule has 3 N–H and O–H groups in total. The highest BCUT2D eigenvalue weighted by molar-refractivity contribution is 6.21. The van der Waals surface area contributed by atoms with E-state index in [1.54, 1.807) is 0 Å². The molecule has 6 nitrogen and oxygen atoms in total. The van der Waals surface area contributed by atoms with Gasteiger partial charge in [0.05, 0.1) is 0 Å². The molecule has 0 amide bonds. The average molecular weight is 470 g/mol. The van der Waals surface area contributed by atoms with Crippen LogP contribution in [-0.2, 0) is 17.8 Å². The molecule has 0 saturated carbocycles. The summed E-state index contributed by atoms with van der Waals surface area (Å²) in [6, 6.07) is 11.9. The van der Waals surface area contributed by atoms with Gasteiger partial charge in [-0.2, -0.15) is 0 Å². The van der Waals surface area contributed by atoms with Gasteiger partial charge in [-0.3, -0.25) is 14.7 Å². The number of nitrogens with one attached hydrogen (secondary N) is 1. The second kappa shape index (κ2) is 11.8. The normalized spacial score (nSPS) is 14.0. The molecule has 3 heterocycles. The predicted octanol–water partition coefficient (Wildman–Crippen LogP) is 5.36. The van der Waals surface area contributed by atoms with Gasteiger partial charge >= 0.3 is 0 Å². The van der Waals surface area contributed by atoms with Gasteiger partial charge in [0, 0.05) is 60.5 Å². The average Bonchev–Trinajstić information content (AvgIpc) is 2.89. The molecule has 1 saturated heterocycles. The third-order valence-corrected chi connectivity index (χ3v) is 6.52. The molecular weight excluding hydrogens is 434 g/mol. The second-order valence-electron chi connectivity index (χ2n) is 9.20. The number of nitrogens with zero attached hydrogens (tertiary/aromatic N) is 3. The van der Waals surface area contributed by atoms with E-state index < -0.39 is 0 Å². The van der Waals surface area contributed by atoms with Gasteiger partial charge in [-0.1, -0.05) is 25.1 Å². The fourth-order valence-corrected chi connectivity index (χ4v) is 4.52. The summed E-state index contributed by atoms with van der Waals surface area (Å²) < 4.78 is 0. The number of hydrogen-bond acceptors (Lipinski definition) is 6. The minimum atomic E-state index is -0.0124. The first-order valence-electron chi connectivity index (χ1n) is 12.5. The Balaban J connectivity index is 1.44. The summed E-state index contributed by atoms with van der Waals surface area (Å²) in [6.45, 7) is 10.2. The van der Waals surface area contributed by atoms with Crippen LogP contribution in [0, 0.1) is 0 Å². The van der Waals surface area contributed by atoms with Gasteiger partial charge in [0.2, 0.25) is 0 Å². The molecular formula is C29H35N5O. The number of allylic oxidation sites excluding steroid dienone is 1. The van der Waals surface area contributed by atoms with Crippen molar-refractivity contribution in [1.29, 1.82) is 0 Å². The minimum Gasteiger partial charge on any atom is -0.398 e. The number of pyridine rings is 2. The molecule has 1 aliphatic rings. The molecule has 0 atom stereocenters. The molecule has 1 fully saturated rings. The monoisotopic (exact) mass is 469 g/mol. The van der Waals surface area contributed by atoms with Crippen molar-refractivity contribution < 1.29 is 4.79 Å². The number of nitrogens with two attached hydrogens (primary N) is 1. The first-order chi connectivity index (χ1) is 17.0. The molecule has 0 spiro atoms. The van der Waals surface area contributed by atoms with Gasteiger partial charge in [0.25, 0.3) is 0 Å². The van der Waals surface area contributed by atoms with E-state index in [0.29, 0.717) is 29.7 Å². The number of anilines is 2. The lowest BCUT2D eigenvalue weighted by atomic mass is 9.94. The Morgan fingerprint density at radius 3 is 2.60 bits per heavy atom. The van der Waals surface area contributed by atoms with Crippen molar-refractivity contribution in [3.63, 3.8) is 0 Å². The predicted molar refractivity (Wildman–Crippen MR) is 144 cm³/mol. The Bertz CT molecular complexity index is 1170. The zero-order valence-corrected chi connectivity index (χ0v) is 20.6. The number of benzene rings is 1. The molecule has 1 aliphatic heterocycles. The van der Waals surface area contributed by atoms with Crippen molar-refractivity contribution in [2.75, 3.05) is 30.7 Å². The molecule has 3 aromatic rings. The maximum atomic E-state index is 13.0. The zero-order chi connectivity index (χ0) is 24.6. The summed E-state index contributed by atoms with van der Waals surface area (Å²) in [6.07, 6.45) is 10.4. The van der Waals surface area contributed by atoms with Crippen molar-refractivity contribution in [2.45, 2.75) is 45.6 Å². The lowest BCUT2D eigenvalue weighted by Gasteiger charge is -2.26. The van der Waals surface area contributed by atoms with E-state index in [9.17, 15) is 4.79 Å². The number of piperidine rings is 1. The summed E-state index contributed by atoms with van der Waals surface area (Å²) in [5.41, 5.74) is 12.2. The van der Waals surface area contributed by atoms with E-state index >= 15 is 0 Å². The van der Waals surface area contributed by atoms with E-state index in [1.807, 2.05) is 55.8 Å². The Morgan fingerprint density at radius 2 is 1.86 bits per heavy atom. The SMILES string of the molecule is C=C(C(=O)CCc1ccc(NCC)nc1)c1cc(-c2cncc(CN3CCCCC3)c2)ccc1N. The fraction of sp³-hybridized carbons (Fsp3) is 0.345. The van der Waals surface area contributed by atoms with E-state index in [0.717, 1.165) is 48.7 Å². The highest BCUT2D eigenvalue weighted by atomic mass is 16.1. The third kappa shape index (κ3) is 6.55. The van der Waals surface area contributed by atoms with Crippen LogP contribution in [0.15, 0.2) is 61.6 Å². The van der Waals surface area contributed by atoms with Crippen LogP contribution in [0.4, 0.5) is 11.5 Å². The van der Waals surface area contributed by atoms with Gasteiger partial charge in [-0.15, -0.1) is 0 Å². The smallest absolute Gasteiger partial charge is 0.163 e. The topological polar surface area (TPSA) is 84.1 Å². The molecule has 0 radical (unpaired) electrons. The zero-order valence-electron chi connectivity index (χ0n) is 20.6. The molecule has 182 valence electrons. The number of nitrogen functional groups attached to an aromatic ring is 1. The van der Waals surface area contributed by atoms with Gasteiger partial charge in [0.1, 0.15) is 5.82 Å². The number of aromatic nitrogens is 2. The summed E-state index contributed by atoms with van der Waals surface area (Å²) >= 11 is 0. The first-order valence-corrected chi connectivity index (χ1v) is 12.5. The second-order valence-corrected chi connectivity index (χ2v) is 9.20. The van der Waals surface area contributed by atoms with E-state index in [4.69, 9.17) is 5.73 Å². The van der Waals surface area contributed by atoms with Crippen LogP contribution in [-0.4, -0.2) is 40.3 Å². The maximum Gasteiger partial charge on any atom is 0.163 e. The number of carbonyl (C=O) groups is 1. The van der Waals surface area contributed by atoms with Crippen LogP contribution in [0.3, 0.4) is 0 Å². The molecule has 6 heteroatoms. The quantitative estimate of drug-likeness (QED) is 0.307. The number of carbonyl (C=O) groups excluding carboxylic acids is 1. The van der Waals surface area contributed by atoms with Crippen molar-refractivity contribution in [1.82, 2.24) is 14.9 Å². The molecule has 0 aliphatic carbocycles. The highest BCUT2D eigenvalue weighted by Crippen LogP contribution is 2.29. The number of likely N-dealkylation sites (tertiary alicyclic amines) is 1.